The number of aliphatic imine (C=N–C) groups is 1. The molecule has 1 saturated carbocycles. The standard InChI is InChI=1S/C42H36ClN7O4S/c1-24-37(55-42-39(24)40(28-7-9-29(43)10-8-28)45-18-38-47-46-25(2)50(38)42)15-12-30-11-6-26(17-44-30)19-48-20-27(21-48)23-54-36-5-3-4-32-33(36)22-49(41(32)53)34-14-13-31(51)16-35(34)52/h3-11,17,27,34H,13-14,16,18-23H2,1-2H3. The third-order valence-electron chi connectivity index (χ3n) is 10.8. The number of pyridine rings is 1. The number of hydrogen-bond acceptors (Lipinski definition) is 10. The van der Waals surface area contributed by atoms with Gasteiger partial charge in [0.05, 0.1) is 36.2 Å². The maximum Gasteiger partial charge on any atom is 0.255 e. The second-order valence-electron chi connectivity index (χ2n) is 14.5. The average Bonchev–Trinajstić information content (AvgIpc) is 3.77. The second kappa shape index (κ2) is 14.3. The molecule has 0 bridgehead atoms. The summed E-state index contributed by atoms with van der Waals surface area (Å²) in [6, 6.07) is 16.8. The molecular weight excluding hydrogens is 734 g/mol. The number of aromatic nitrogens is 4. The van der Waals surface area contributed by atoms with Gasteiger partial charge >= 0.3 is 0 Å². The van der Waals surface area contributed by atoms with Gasteiger partial charge in [-0.15, -0.1) is 21.5 Å². The molecule has 55 heavy (non-hydrogen) atoms. The number of amides is 1. The lowest BCUT2D eigenvalue weighted by atomic mass is 9.92. The van der Waals surface area contributed by atoms with E-state index < -0.39 is 6.04 Å². The Bertz CT molecular complexity index is 2470. The van der Waals surface area contributed by atoms with Crippen molar-refractivity contribution < 1.29 is 19.1 Å². The zero-order valence-corrected chi connectivity index (χ0v) is 31.9. The molecule has 2 aromatic carbocycles. The van der Waals surface area contributed by atoms with Crippen LogP contribution in [0.1, 0.15) is 79.7 Å². The first-order valence-corrected chi connectivity index (χ1v) is 19.5. The molecule has 9 rings (SSSR count). The SMILES string of the molecule is Cc1c(C#Cc2ccc(CN3CC(COc4cccc5c4CN(C4CCC(=O)CC4=O)C5=O)C3)cn2)sc2c1C(c1ccc(Cl)cc1)=NCc1nnc(C)n1-2. The summed E-state index contributed by atoms with van der Waals surface area (Å²) in [6.45, 7) is 7.91. The first-order chi connectivity index (χ1) is 26.7. The third-order valence-corrected chi connectivity index (χ3v) is 12.2. The Labute approximate surface area is 327 Å². The van der Waals surface area contributed by atoms with E-state index in [9.17, 15) is 14.4 Å². The van der Waals surface area contributed by atoms with Crippen LogP contribution in [0.25, 0.3) is 5.00 Å². The number of carbonyl (C=O) groups excluding carboxylic acids is 3. The van der Waals surface area contributed by atoms with E-state index in [1.54, 1.807) is 22.3 Å². The first-order valence-electron chi connectivity index (χ1n) is 18.3. The molecule has 13 heteroatoms. The molecule has 3 aromatic heterocycles. The molecule has 0 spiro atoms. The Morgan fingerprint density at radius 1 is 1.00 bits per heavy atom. The normalized spacial score (nSPS) is 18.2. The van der Waals surface area contributed by atoms with Crippen LogP contribution in [0, 0.1) is 31.6 Å². The van der Waals surface area contributed by atoms with E-state index in [4.69, 9.17) is 21.3 Å². The van der Waals surface area contributed by atoms with Gasteiger partial charge in [0, 0.05) is 65.4 Å². The monoisotopic (exact) mass is 769 g/mol. The maximum atomic E-state index is 13.2. The van der Waals surface area contributed by atoms with Gasteiger partial charge in [0.2, 0.25) is 0 Å². The van der Waals surface area contributed by atoms with Crippen LogP contribution in [0.15, 0.2) is 65.8 Å². The molecule has 1 saturated heterocycles. The van der Waals surface area contributed by atoms with E-state index in [1.165, 1.54) is 0 Å². The largest absolute Gasteiger partial charge is 0.493 e. The number of fused-ring (bicyclic) bond motifs is 4. The van der Waals surface area contributed by atoms with Crippen LogP contribution < -0.4 is 4.74 Å². The van der Waals surface area contributed by atoms with Crippen molar-refractivity contribution in [2.75, 3.05) is 19.7 Å². The van der Waals surface area contributed by atoms with Gasteiger partial charge in [-0.25, -0.2) is 4.98 Å². The Kier molecular flexibility index (Phi) is 9.16. The lowest BCUT2D eigenvalue weighted by Crippen LogP contribution is -2.48. The zero-order chi connectivity index (χ0) is 37.8. The molecule has 0 N–H and O–H groups in total. The van der Waals surface area contributed by atoms with Gasteiger partial charge in [0.1, 0.15) is 34.6 Å². The molecule has 1 unspecified atom stereocenters. The predicted molar refractivity (Wildman–Crippen MR) is 208 cm³/mol. The van der Waals surface area contributed by atoms with E-state index in [1.807, 2.05) is 55.6 Å². The second-order valence-corrected chi connectivity index (χ2v) is 16.0. The van der Waals surface area contributed by atoms with Crippen molar-refractivity contribution in [3.05, 3.63) is 121 Å². The van der Waals surface area contributed by atoms with E-state index in [-0.39, 0.29) is 23.9 Å². The number of halogens is 1. The molecule has 5 aromatic rings. The zero-order valence-electron chi connectivity index (χ0n) is 30.3. The van der Waals surface area contributed by atoms with Crippen LogP contribution >= 0.6 is 22.9 Å². The van der Waals surface area contributed by atoms with Gasteiger partial charge in [-0.2, -0.15) is 0 Å². The Morgan fingerprint density at radius 3 is 2.62 bits per heavy atom. The molecule has 2 fully saturated rings. The van der Waals surface area contributed by atoms with Crippen LogP contribution in [-0.4, -0.2) is 78.5 Å². The molecule has 1 atom stereocenters. The maximum absolute atomic E-state index is 13.2. The van der Waals surface area contributed by atoms with Crippen molar-refractivity contribution in [3.63, 3.8) is 0 Å². The molecule has 0 radical (unpaired) electrons. The fraction of sp³-hybridized carbons (Fsp3) is 0.310. The third kappa shape index (κ3) is 6.66. The van der Waals surface area contributed by atoms with Crippen LogP contribution in [0.5, 0.6) is 5.75 Å². The number of hydrogen-bond donors (Lipinski definition) is 0. The minimum atomic E-state index is -0.541. The Balaban J connectivity index is 0.824. The van der Waals surface area contributed by atoms with Gasteiger partial charge in [0.25, 0.3) is 5.91 Å². The predicted octanol–water partition coefficient (Wildman–Crippen LogP) is 5.90. The van der Waals surface area contributed by atoms with Crippen LogP contribution in [0.4, 0.5) is 0 Å². The van der Waals surface area contributed by atoms with Crippen molar-refractivity contribution in [1.82, 2.24) is 29.5 Å². The van der Waals surface area contributed by atoms with E-state index in [0.717, 1.165) is 74.7 Å². The van der Waals surface area contributed by atoms with Crippen LogP contribution in [-0.2, 0) is 29.2 Å². The smallest absolute Gasteiger partial charge is 0.255 e. The fourth-order valence-electron chi connectivity index (χ4n) is 7.89. The molecular formula is C42H36ClN7O4S. The van der Waals surface area contributed by atoms with Crippen LogP contribution in [0.2, 0.25) is 5.02 Å². The summed E-state index contributed by atoms with van der Waals surface area (Å²) in [5.74, 6) is 8.94. The Morgan fingerprint density at radius 2 is 1.84 bits per heavy atom. The average molecular weight is 770 g/mol. The summed E-state index contributed by atoms with van der Waals surface area (Å²) in [7, 11) is 0. The molecule has 1 amide bonds. The summed E-state index contributed by atoms with van der Waals surface area (Å²) >= 11 is 7.82. The highest BCUT2D eigenvalue weighted by Crippen LogP contribution is 2.37. The van der Waals surface area contributed by atoms with Crippen molar-refractivity contribution in [2.24, 2.45) is 10.9 Å². The minimum Gasteiger partial charge on any atom is -0.493 e. The highest BCUT2D eigenvalue weighted by molar-refractivity contribution is 7.15. The van der Waals surface area contributed by atoms with Gasteiger partial charge in [-0.1, -0.05) is 35.9 Å². The number of likely N-dealkylation sites (tertiary alicyclic amines) is 1. The van der Waals surface area contributed by atoms with Gasteiger partial charge < -0.3 is 9.64 Å². The number of Topliss-reactive ketones (excluding diaryl/α,β-unsaturated/α-hetero) is 2. The number of rotatable bonds is 7. The van der Waals surface area contributed by atoms with Gasteiger partial charge in [0.15, 0.2) is 11.6 Å². The van der Waals surface area contributed by atoms with Crippen molar-refractivity contribution in [1.29, 1.82) is 0 Å². The highest BCUT2D eigenvalue weighted by Gasteiger charge is 2.40. The summed E-state index contributed by atoms with van der Waals surface area (Å²) in [4.78, 5) is 52.0. The van der Waals surface area contributed by atoms with Gasteiger partial charge in [-0.05, 0) is 73.6 Å². The lowest BCUT2D eigenvalue weighted by Gasteiger charge is -2.39. The number of nitrogens with zero attached hydrogens (tertiary/aromatic N) is 7. The summed E-state index contributed by atoms with van der Waals surface area (Å²) in [6.07, 6.45) is 2.53. The first kappa shape index (κ1) is 35.2. The quantitative estimate of drug-likeness (QED) is 0.148. The number of ketones is 2. The van der Waals surface area contributed by atoms with Crippen molar-refractivity contribution in [3.8, 4) is 22.6 Å². The van der Waals surface area contributed by atoms with Crippen molar-refractivity contribution in [2.45, 2.75) is 58.8 Å². The number of thiophene rings is 1. The van der Waals surface area contributed by atoms with E-state index >= 15 is 0 Å². The molecule has 6 heterocycles. The lowest BCUT2D eigenvalue weighted by molar-refractivity contribution is -0.133. The summed E-state index contributed by atoms with van der Waals surface area (Å²) in [5, 5.41) is 10.4. The van der Waals surface area contributed by atoms with E-state index in [2.05, 4.69) is 49.5 Å². The number of ether oxygens (including phenoxy) is 1. The van der Waals surface area contributed by atoms with Gasteiger partial charge in [-0.3, -0.25) is 28.8 Å². The van der Waals surface area contributed by atoms with Crippen molar-refractivity contribution >= 4 is 46.1 Å². The summed E-state index contributed by atoms with van der Waals surface area (Å²) in [5.41, 5.74) is 7.17. The highest BCUT2D eigenvalue weighted by atomic mass is 35.5. The van der Waals surface area contributed by atoms with Crippen LogP contribution in [0.3, 0.4) is 0 Å². The van der Waals surface area contributed by atoms with E-state index in [0.29, 0.717) is 60.5 Å². The molecule has 3 aliphatic heterocycles. The molecule has 1 aliphatic carbocycles. The molecule has 276 valence electrons. The molecule has 11 nitrogen and oxygen atoms in total. The molecule has 4 aliphatic rings. The fourth-order valence-corrected chi connectivity index (χ4v) is 9.25. The minimum absolute atomic E-state index is 0.0508. The summed E-state index contributed by atoms with van der Waals surface area (Å²) < 4.78 is 8.34. The number of aryl methyl sites for hydroxylation is 1. The number of carbonyl (C=O) groups is 3. The topological polar surface area (TPSA) is 123 Å². The number of benzene rings is 2. The Hall–Kier alpha value is -5.48.